The summed E-state index contributed by atoms with van der Waals surface area (Å²) in [5.41, 5.74) is 5.80. The van der Waals surface area contributed by atoms with Gasteiger partial charge in [0.2, 0.25) is 0 Å². The Bertz CT molecular complexity index is 316. The van der Waals surface area contributed by atoms with Gasteiger partial charge < -0.3 is 5.73 Å². The van der Waals surface area contributed by atoms with E-state index < -0.39 is 11.7 Å². The minimum absolute atomic E-state index is 0.405. The normalized spacial score (nSPS) is 13.8. The molecule has 0 fully saturated rings. The third kappa shape index (κ3) is 3.85. The van der Waals surface area contributed by atoms with Crippen molar-refractivity contribution in [2.75, 3.05) is 6.54 Å². The van der Waals surface area contributed by atoms with E-state index >= 15 is 0 Å². The van der Waals surface area contributed by atoms with Crippen LogP contribution in [-0.4, -0.2) is 6.54 Å². The Kier molecular flexibility index (Phi) is 4.35. The Morgan fingerprint density at radius 1 is 1.19 bits per heavy atom. The van der Waals surface area contributed by atoms with Crippen molar-refractivity contribution < 1.29 is 13.2 Å². The van der Waals surface area contributed by atoms with Crippen LogP contribution in [0.5, 0.6) is 0 Å². The fourth-order valence-corrected chi connectivity index (χ4v) is 1.39. The van der Waals surface area contributed by atoms with E-state index in [0.29, 0.717) is 12.5 Å². The molecule has 0 aliphatic heterocycles. The molecule has 0 spiro atoms. The first-order valence-electron chi connectivity index (χ1n) is 5.29. The molecule has 0 aliphatic carbocycles. The molecule has 1 rings (SSSR count). The van der Waals surface area contributed by atoms with E-state index in [4.69, 9.17) is 5.73 Å². The molecule has 0 aliphatic rings. The maximum Gasteiger partial charge on any atom is 0.416 e. The van der Waals surface area contributed by atoms with Crippen molar-refractivity contribution in [3.63, 3.8) is 0 Å². The van der Waals surface area contributed by atoms with Crippen molar-refractivity contribution in [3.05, 3.63) is 35.4 Å². The van der Waals surface area contributed by atoms with Crippen LogP contribution in [0.2, 0.25) is 0 Å². The zero-order valence-corrected chi connectivity index (χ0v) is 9.22. The Morgan fingerprint density at radius 3 is 2.19 bits per heavy atom. The summed E-state index contributed by atoms with van der Waals surface area (Å²) in [5.74, 6) is 0.405. The van der Waals surface area contributed by atoms with Crippen LogP contribution in [0, 0.1) is 5.92 Å². The lowest BCUT2D eigenvalue weighted by Gasteiger charge is -2.09. The van der Waals surface area contributed by atoms with Gasteiger partial charge >= 0.3 is 6.18 Å². The summed E-state index contributed by atoms with van der Waals surface area (Å²) in [7, 11) is 0. The number of hydrogen-bond acceptors (Lipinski definition) is 1. The first-order valence-corrected chi connectivity index (χ1v) is 5.29. The van der Waals surface area contributed by atoms with Crippen molar-refractivity contribution in [1.82, 2.24) is 0 Å². The van der Waals surface area contributed by atoms with Gasteiger partial charge in [0.05, 0.1) is 5.56 Å². The van der Waals surface area contributed by atoms with Gasteiger partial charge in [-0.2, -0.15) is 13.2 Å². The van der Waals surface area contributed by atoms with E-state index in [2.05, 4.69) is 0 Å². The highest BCUT2D eigenvalue weighted by atomic mass is 19.4. The molecule has 0 amide bonds. The van der Waals surface area contributed by atoms with Crippen molar-refractivity contribution >= 4 is 0 Å². The number of alkyl halides is 3. The summed E-state index contributed by atoms with van der Waals surface area (Å²) in [6, 6.07) is 5.32. The van der Waals surface area contributed by atoms with Gasteiger partial charge in [0, 0.05) is 0 Å². The van der Waals surface area contributed by atoms with E-state index in [9.17, 15) is 13.2 Å². The summed E-state index contributed by atoms with van der Waals surface area (Å²) in [6.07, 6.45) is -2.57. The minimum Gasteiger partial charge on any atom is -0.330 e. The fraction of sp³-hybridized carbons (Fsp3) is 0.500. The van der Waals surface area contributed by atoms with Crippen LogP contribution in [0.4, 0.5) is 13.2 Å². The highest BCUT2D eigenvalue weighted by Gasteiger charge is 2.29. The summed E-state index contributed by atoms with van der Waals surface area (Å²) in [6.45, 7) is 2.64. The highest BCUT2D eigenvalue weighted by Crippen LogP contribution is 2.29. The second-order valence-electron chi connectivity index (χ2n) is 4.07. The Labute approximate surface area is 93.5 Å². The number of hydrogen-bond donors (Lipinski definition) is 1. The molecule has 1 nitrogen and oxygen atoms in total. The molecular weight excluding hydrogens is 215 g/mol. The maximum absolute atomic E-state index is 12.3. The topological polar surface area (TPSA) is 26.0 Å². The molecule has 4 heteroatoms. The molecule has 0 saturated carbocycles. The van der Waals surface area contributed by atoms with Gasteiger partial charge in [-0.25, -0.2) is 0 Å². The predicted molar refractivity (Wildman–Crippen MR) is 58.0 cm³/mol. The van der Waals surface area contributed by atoms with Crippen LogP contribution >= 0.6 is 0 Å². The standard InChI is InChI=1S/C12H16F3N/c1-9(8-16)2-3-10-4-6-11(7-5-10)12(13,14)15/h4-7,9H,2-3,8,16H2,1H3/t9-/m1/s1. The summed E-state index contributed by atoms with van der Waals surface area (Å²) < 4.78 is 36.8. The monoisotopic (exact) mass is 231 g/mol. The van der Waals surface area contributed by atoms with Crippen LogP contribution in [-0.2, 0) is 12.6 Å². The lowest BCUT2D eigenvalue weighted by molar-refractivity contribution is -0.137. The Morgan fingerprint density at radius 2 is 1.75 bits per heavy atom. The zero-order valence-electron chi connectivity index (χ0n) is 9.22. The molecule has 2 N–H and O–H groups in total. The predicted octanol–water partition coefficient (Wildman–Crippen LogP) is 3.23. The fourth-order valence-electron chi connectivity index (χ4n) is 1.39. The van der Waals surface area contributed by atoms with Crippen LogP contribution in [0.25, 0.3) is 0 Å². The molecule has 1 atom stereocenters. The van der Waals surface area contributed by atoms with Crippen LogP contribution in [0.1, 0.15) is 24.5 Å². The Balaban J connectivity index is 2.58. The van der Waals surface area contributed by atoms with E-state index in [-0.39, 0.29) is 0 Å². The van der Waals surface area contributed by atoms with E-state index in [1.165, 1.54) is 12.1 Å². The van der Waals surface area contributed by atoms with Crippen LogP contribution < -0.4 is 5.73 Å². The number of halogens is 3. The average molecular weight is 231 g/mol. The molecule has 16 heavy (non-hydrogen) atoms. The van der Waals surface area contributed by atoms with Crippen molar-refractivity contribution in [1.29, 1.82) is 0 Å². The largest absolute Gasteiger partial charge is 0.416 e. The van der Waals surface area contributed by atoms with Crippen molar-refractivity contribution in [2.45, 2.75) is 25.9 Å². The highest BCUT2D eigenvalue weighted by molar-refractivity contribution is 5.24. The lowest BCUT2D eigenvalue weighted by Crippen LogP contribution is -2.11. The Hall–Kier alpha value is -1.03. The van der Waals surface area contributed by atoms with Gasteiger partial charge in [0.25, 0.3) is 0 Å². The third-order valence-electron chi connectivity index (χ3n) is 2.61. The molecule has 0 aromatic heterocycles. The second kappa shape index (κ2) is 5.34. The minimum atomic E-state index is -4.25. The lowest BCUT2D eigenvalue weighted by atomic mass is 10.0. The molecule has 90 valence electrons. The first-order chi connectivity index (χ1) is 7.43. The zero-order chi connectivity index (χ0) is 12.2. The van der Waals surface area contributed by atoms with E-state index in [0.717, 1.165) is 30.5 Å². The van der Waals surface area contributed by atoms with Crippen LogP contribution in [0.3, 0.4) is 0 Å². The smallest absolute Gasteiger partial charge is 0.330 e. The quantitative estimate of drug-likeness (QED) is 0.845. The van der Waals surface area contributed by atoms with Crippen molar-refractivity contribution in [2.24, 2.45) is 11.7 Å². The molecule has 0 heterocycles. The first kappa shape index (κ1) is 13.0. The van der Waals surface area contributed by atoms with Gasteiger partial charge in [-0.3, -0.25) is 0 Å². The molecule has 0 bridgehead atoms. The van der Waals surface area contributed by atoms with Gasteiger partial charge in [-0.1, -0.05) is 19.1 Å². The molecule has 1 aromatic rings. The van der Waals surface area contributed by atoms with Crippen LogP contribution in [0.15, 0.2) is 24.3 Å². The molecule has 0 unspecified atom stereocenters. The molecular formula is C12H16F3N. The molecule has 1 aromatic carbocycles. The molecule has 0 saturated heterocycles. The summed E-state index contributed by atoms with van der Waals surface area (Å²) in [5, 5.41) is 0. The molecule has 0 radical (unpaired) electrons. The third-order valence-corrected chi connectivity index (χ3v) is 2.61. The summed E-state index contributed by atoms with van der Waals surface area (Å²) >= 11 is 0. The van der Waals surface area contributed by atoms with E-state index in [1.807, 2.05) is 6.92 Å². The maximum atomic E-state index is 12.3. The van der Waals surface area contributed by atoms with Crippen molar-refractivity contribution in [3.8, 4) is 0 Å². The average Bonchev–Trinajstić information content (AvgIpc) is 2.25. The van der Waals surface area contributed by atoms with Gasteiger partial charge in [-0.15, -0.1) is 0 Å². The number of nitrogens with two attached hydrogens (primary N) is 1. The number of benzene rings is 1. The van der Waals surface area contributed by atoms with Gasteiger partial charge in [-0.05, 0) is 43.0 Å². The number of rotatable bonds is 4. The second-order valence-corrected chi connectivity index (χ2v) is 4.07. The van der Waals surface area contributed by atoms with E-state index in [1.54, 1.807) is 0 Å². The van der Waals surface area contributed by atoms with Gasteiger partial charge in [0.1, 0.15) is 0 Å². The van der Waals surface area contributed by atoms with Gasteiger partial charge in [0.15, 0.2) is 0 Å². The number of aryl methyl sites for hydroxylation is 1. The SMILES string of the molecule is C[C@@H](CN)CCc1ccc(C(F)(F)F)cc1. The summed E-state index contributed by atoms with van der Waals surface area (Å²) in [4.78, 5) is 0.